The van der Waals surface area contributed by atoms with E-state index < -0.39 is 56.6 Å². The van der Waals surface area contributed by atoms with Gasteiger partial charge in [-0.15, -0.1) is 0 Å². The molecule has 4 rings (SSSR count). The average Bonchev–Trinajstić information content (AvgIpc) is 2.93. The Bertz CT molecular complexity index is 961. The van der Waals surface area contributed by atoms with E-state index in [9.17, 15) is 28.2 Å². The summed E-state index contributed by atoms with van der Waals surface area (Å²) in [7, 11) is -3.87. The number of fused-ring (bicyclic) bond motifs is 5. The highest BCUT2D eigenvalue weighted by molar-refractivity contribution is 7.86. The quantitative estimate of drug-likeness (QED) is 0.618. The summed E-state index contributed by atoms with van der Waals surface area (Å²) < 4.78 is 44.2. The normalized spacial score (nSPS) is 47.2. The Morgan fingerprint density at radius 1 is 1.23 bits per heavy atom. The number of alkyl halides is 1. The molecule has 0 heterocycles. The molecule has 3 fully saturated rings. The number of hydrogen-bond acceptors (Lipinski definition) is 7. The molecule has 0 aliphatic heterocycles. The van der Waals surface area contributed by atoms with Crippen LogP contribution in [0.2, 0.25) is 0 Å². The van der Waals surface area contributed by atoms with Crippen molar-refractivity contribution in [1.29, 1.82) is 0 Å². The van der Waals surface area contributed by atoms with Crippen LogP contribution in [0.1, 0.15) is 58.8 Å². The minimum atomic E-state index is -3.87. The maximum atomic E-state index is 17.0. The molecule has 31 heavy (non-hydrogen) atoms. The number of carbonyl (C=O) groups excluding carboxylic acids is 2. The van der Waals surface area contributed by atoms with Crippen molar-refractivity contribution in [3.05, 3.63) is 11.6 Å². The van der Waals surface area contributed by atoms with Gasteiger partial charge in [0.1, 0.15) is 17.9 Å². The summed E-state index contributed by atoms with van der Waals surface area (Å²) in [6.45, 7) is 2.70. The van der Waals surface area contributed by atoms with Crippen LogP contribution in [0.25, 0.3) is 0 Å². The first-order valence-corrected chi connectivity index (χ1v) is 12.7. The van der Waals surface area contributed by atoms with Crippen molar-refractivity contribution < 1.29 is 36.8 Å². The SMILES string of the molecule is C[C@]12CCC(=O)C=C1CC[C@@H]1[C@@H]3CC[C@](O)(C(=O)COS(C)(=O)=O)[C@@]3(C)C[C@H](O)[C@@]12F. The van der Waals surface area contributed by atoms with E-state index >= 15 is 4.39 Å². The van der Waals surface area contributed by atoms with Gasteiger partial charge in [-0.1, -0.05) is 19.4 Å². The molecule has 7 atom stereocenters. The van der Waals surface area contributed by atoms with E-state index in [1.807, 2.05) is 0 Å². The van der Waals surface area contributed by atoms with Crippen molar-refractivity contribution in [2.24, 2.45) is 22.7 Å². The summed E-state index contributed by atoms with van der Waals surface area (Å²) in [6.07, 6.45) is 2.82. The third-order valence-electron chi connectivity index (χ3n) is 9.06. The number of aliphatic hydroxyl groups is 2. The standard InChI is InChI=1S/C22H31FO7S/c1-19-8-6-14(24)10-13(19)4-5-16-15-7-9-21(27,18(26)12-30-31(3,28)29)20(15,2)11-17(25)22(16,19)23/h10,15-17,25,27H,4-9,11-12H2,1-3H3/t15-,16+,17-,19-,20-,21-,22-/m0/s1. The molecule has 3 saturated carbocycles. The average molecular weight is 459 g/mol. The van der Waals surface area contributed by atoms with Gasteiger partial charge in [-0.05, 0) is 50.5 Å². The van der Waals surface area contributed by atoms with Gasteiger partial charge in [0.15, 0.2) is 11.6 Å². The third kappa shape index (κ3) is 3.03. The van der Waals surface area contributed by atoms with Crippen molar-refractivity contribution in [3.63, 3.8) is 0 Å². The lowest BCUT2D eigenvalue weighted by Gasteiger charge is -2.63. The summed E-state index contributed by atoms with van der Waals surface area (Å²) in [5.74, 6) is -1.71. The molecule has 0 aromatic carbocycles. The summed E-state index contributed by atoms with van der Waals surface area (Å²) >= 11 is 0. The predicted octanol–water partition coefficient (Wildman–Crippen LogP) is 1.86. The fraction of sp³-hybridized carbons (Fsp3) is 0.818. The monoisotopic (exact) mass is 458 g/mol. The summed E-state index contributed by atoms with van der Waals surface area (Å²) in [6, 6.07) is 0. The highest BCUT2D eigenvalue weighted by Gasteiger charge is 2.74. The van der Waals surface area contributed by atoms with Crippen LogP contribution >= 0.6 is 0 Å². The molecule has 9 heteroatoms. The largest absolute Gasteiger partial charge is 0.390 e. The summed E-state index contributed by atoms with van der Waals surface area (Å²) in [4.78, 5) is 24.8. The number of halogens is 1. The first-order chi connectivity index (χ1) is 14.2. The summed E-state index contributed by atoms with van der Waals surface area (Å²) in [5.41, 5.74) is -5.18. The molecule has 0 spiro atoms. The second-order valence-electron chi connectivity index (χ2n) is 10.4. The number of rotatable bonds is 4. The van der Waals surface area contributed by atoms with Gasteiger partial charge >= 0.3 is 0 Å². The van der Waals surface area contributed by atoms with E-state index in [0.29, 0.717) is 25.7 Å². The van der Waals surface area contributed by atoms with Crippen LogP contribution in [0.4, 0.5) is 4.39 Å². The zero-order valence-electron chi connectivity index (χ0n) is 18.2. The van der Waals surface area contributed by atoms with E-state index in [-0.39, 0.29) is 31.0 Å². The minimum absolute atomic E-state index is 0.0172. The van der Waals surface area contributed by atoms with Crippen molar-refractivity contribution in [3.8, 4) is 0 Å². The second-order valence-corrected chi connectivity index (χ2v) is 12.1. The number of hydrogen-bond donors (Lipinski definition) is 2. The van der Waals surface area contributed by atoms with E-state index in [4.69, 9.17) is 0 Å². The van der Waals surface area contributed by atoms with Crippen molar-refractivity contribution in [2.75, 3.05) is 12.9 Å². The second kappa shape index (κ2) is 6.92. The molecule has 0 amide bonds. The smallest absolute Gasteiger partial charge is 0.264 e. The van der Waals surface area contributed by atoms with Gasteiger partial charge in [0, 0.05) is 23.2 Å². The molecule has 0 aromatic heterocycles. The Morgan fingerprint density at radius 2 is 1.90 bits per heavy atom. The van der Waals surface area contributed by atoms with Crippen LogP contribution in [0.5, 0.6) is 0 Å². The fourth-order valence-electron chi connectivity index (χ4n) is 7.31. The van der Waals surface area contributed by atoms with Crippen LogP contribution in [-0.4, -0.2) is 60.4 Å². The molecular formula is C22H31FO7S. The Labute approximate surface area is 182 Å². The number of allylic oxidation sites excluding steroid dienone is 1. The van der Waals surface area contributed by atoms with Crippen LogP contribution in [-0.2, 0) is 23.9 Å². The highest BCUT2D eigenvalue weighted by Crippen LogP contribution is 2.70. The Hall–Kier alpha value is -1.16. The van der Waals surface area contributed by atoms with Gasteiger partial charge in [-0.2, -0.15) is 8.42 Å². The highest BCUT2D eigenvalue weighted by atomic mass is 32.2. The Balaban J connectivity index is 1.70. The van der Waals surface area contributed by atoms with Gasteiger partial charge in [0.05, 0.1) is 12.4 Å². The molecule has 0 unspecified atom stereocenters. The van der Waals surface area contributed by atoms with E-state index in [1.165, 1.54) is 0 Å². The molecule has 4 aliphatic carbocycles. The molecule has 7 nitrogen and oxygen atoms in total. The van der Waals surface area contributed by atoms with E-state index in [1.54, 1.807) is 19.9 Å². The fourth-order valence-corrected chi connectivity index (χ4v) is 7.63. The van der Waals surface area contributed by atoms with Crippen molar-refractivity contribution in [2.45, 2.75) is 76.2 Å². The summed E-state index contributed by atoms with van der Waals surface area (Å²) in [5, 5.41) is 22.6. The zero-order valence-corrected chi connectivity index (χ0v) is 19.0. The molecule has 174 valence electrons. The minimum Gasteiger partial charge on any atom is -0.390 e. The molecule has 4 aliphatic rings. The molecule has 0 bridgehead atoms. The van der Waals surface area contributed by atoms with Crippen molar-refractivity contribution in [1.82, 2.24) is 0 Å². The zero-order chi connectivity index (χ0) is 23.0. The molecule has 0 radical (unpaired) electrons. The Morgan fingerprint density at radius 3 is 2.55 bits per heavy atom. The number of carbonyl (C=O) groups is 2. The number of ketones is 2. The van der Waals surface area contributed by atoms with Crippen LogP contribution in [0.3, 0.4) is 0 Å². The molecule has 0 saturated heterocycles. The predicted molar refractivity (Wildman–Crippen MR) is 109 cm³/mol. The lowest BCUT2D eigenvalue weighted by molar-refractivity contribution is -0.226. The first-order valence-electron chi connectivity index (χ1n) is 10.9. The van der Waals surface area contributed by atoms with E-state index in [2.05, 4.69) is 4.18 Å². The van der Waals surface area contributed by atoms with Crippen molar-refractivity contribution >= 4 is 21.7 Å². The maximum Gasteiger partial charge on any atom is 0.264 e. The third-order valence-corrected chi connectivity index (χ3v) is 9.61. The molecular weight excluding hydrogens is 427 g/mol. The topological polar surface area (TPSA) is 118 Å². The number of aliphatic hydroxyl groups excluding tert-OH is 1. The lowest BCUT2D eigenvalue weighted by Crippen LogP contribution is -2.69. The van der Waals surface area contributed by atoms with Crippen LogP contribution < -0.4 is 0 Å². The van der Waals surface area contributed by atoms with Gasteiger partial charge in [0.25, 0.3) is 10.1 Å². The van der Waals surface area contributed by atoms with Gasteiger partial charge in [-0.25, -0.2) is 4.39 Å². The maximum absolute atomic E-state index is 17.0. The Kier molecular flexibility index (Phi) is 5.14. The van der Waals surface area contributed by atoms with Gasteiger partial charge < -0.3 is 10.2 Å². The van der Waals surface area contributed by atoms with E-state index in [0.717, 1.165) is 11.8 Å². The molecule has 0 aromatic rings. The number of Topliss-reactive ketones (excluding diaryl/α,β-unsaturated/α-hetero) is 1. The van der Waals surface area contributed by atoms with Gasteiger partial charge in [0.2, 0.25) is 0 Å². The molecule has 2 N–H and O–H groups in total. The lowest BCUT2D eigenvalue weighted by atomic mass is 9.44. The van der Waals surface area contributed by atoms with Gasteiger partial charge in [-0.3, -0.25) is 13.8 Å². The first kappa shape index (κ1) is 23.0. The van der Waals surface area contributed by atoms with Crippen LogP contribution in [0, 0.1) is 22.7 Å². The van der Waals surface area contributed by atoms with Crippen LogP contribution in [0.15, 0.2) is 11.6 Å².